The zero-order valence-corrected chi connectivity index (χ0v) is 11.4. The minimum Gasteiger partial charge on any atom is -0.496 e. The Kier molecular flexibility index (Phi) is 3.66. The highest BCUT2D eigenvalue weighted by Gasteiger charge is 2.39. The molecule has 0 spiro atoms. The molecule has 0 bridgehead atoms. The van der Waals surface area contributed by atoms with Crippen molar-refractivity contribution in [2.24, 2.45) is 5.73 Å². The summed E-state index contributed by atoms with van der Waals surface area (Å²) in [6.45, 7) is 6.30. The predicted molar refractivity (Wildman–Crippen MR) is 70.9 cm³/mol. The highest BCUT2D eigenvalue weighted by atomic mass is 32.2. The Morgan fingerprint density at radius 3 is 2.47 bits per heavy atom. The summed E-state index contributed by atoms with van der Waals surface area (Å²) in [5.41, 5.74) is 8.36. The Balaban J connectivity index is 2.28. The predicted octanol–water partition coefficient (Wildman–Crippen LogP) is 2.13. The number of rotatable bonds is 4. The van der Waals surface area contributed by atoms with Crippen molar-refractivity contribution >= 4 is 11.8 Å². The lowest BCUT2D eigenvalue weighted by Crippen LogP contribution is -2.52. The maximum atomic E-state index is 5.83. The molecule has 0 aliphatic carbocycles. The van der Waals surface area contributed by atoms with Crippen molar-refractivity contribution in [2.75, 3.05) is 26.9 Å². The van der Waals surface area contributed by atoms with E-state index in [-0.39, 0.29) is 4.75 Å². The van der Waals surface area contributed by atoms with Crippen molar-refractivity contribution in [3.63, 3.8) is 0 Å². The van der Waals surface area contributed by atoms with Gasteiger partial charge in [-0.1, -0.05) is 0 Å². The van der Waals surface area contributed by atoms with E-state index >= 15 is 0 Å². The Morgan fingerprint density at radius 1 is 1.35 bits per heavy atom. The fraction of sp³-hybridized carbons (Fsp3) is 0.538. The van der Waals surface area contributed by atoms with Gasteiger partial charge in [-0.05, 0) is 37.1 Å². The van der Waals surface area contributed by atoms with E-state index in [1.165, 1.54) is 11.1 Å². The molecule has 0 amide bonds. The molecule has 1 aliphatic heterocycles. The van der Waals surface area contributed by atoms with Crippen LogP contribution < -0.4 is 10.5 Å². The van der Waals surface area contributed by atoms with Crippen molar-refractivity contribution < 1.29 is 9.47 Å². The van der Waals surface area contributed by atoms with E-state index in [1.807, 2.05) is 0 Å². The number of aryl methyl sites for hydroxylation is 2. The number of thioether (sulfide) groups is 1. The Bertz CT molecular complexity index is 411. The fourth-order valence-electron chi connectivity index (χ4n) is 1.78. The first-order valence-electron chi connectivity index (χ1n) is 5.72. The lowest BCUT2D eigenvalue weighted by Gasteiger charge is -2.40. The monoisotopic (exact) mass is 253 g/mol. The van der Waals surface area contributed by atoms with Gasteiger partial charge in [-0.25, -0.2) is 0 Å². The van der Waals surface area contributed by atoms with Gasteiger partial charge in [-0.2, -0.15) is 0 Å². The fourth-order valence-corrected chi connectivity index (χ4v) is 3.10. The molecular formula is C13H19NO2S. The lowest BCUT2D eigenvalue weighted by atomic mass is 10.1. The third-order valence-electron chi connectivity index (χ3n) is 3.21. The zero-order valence-electron chi connectivity index (χ0n) is 10.6. The summed E-state index contributed by atoms with van der Waals surface area (Å²) in [4.78, 5) is 1.16. The van der Waals surface area contributed by atoms with Gasteiger partial charge in [-0.3, -0.25) is 0 Å². The van der Waals surface area contributed by atoms with Crippen molar-refractivity contribution in [3.05, 3.63) is 23.3 Å². The molecule has 0 radical (unpaired) electrons. The maximum Gasteiger partial charge on any atom is 0.132 e. The summed E-state index contributed by atoms with van der Waals surface area (Å²) in [5, 5.41) is 0. The Labute approximate surface area is 107 Å². The van der Waals surface area contributed by atoms with Gasteiger partial charge in [0, 0.05) is 6.54 Å². The summed E-state index contributed by atoms with van der Waals surface area (Å²) in [6, 6.07) is 4.26. The van der Waals surface area contributed by atoms with Crippen LogP contribution in [0.2, 0.25) is 0 Å². The van der Waals surface area contributed by atoms with Crippen LogP contribution in [0.1, 0.15) is 11.1 Å². The molecule has 94 valence electrons. The summed E-state index contributed by atoms with van der Waals surface area (Å²) >= 11 is 1.78. The number of methoxy groups -OCH3 is 1. The standard InChI is InChI=1S/C13H19NO2S/c1-9-4-11(15-3)12(5-10(9)2)17-13(6-14)7-16-8-13/h4-5H,6-8,14H2,1-3H3. The first kappa shape index (κ1) is 12.7. The second-order valence-electron chi connectivity index (χ2n) is 4.57. The van der Waals surface area contributed by atoms with Gasteiger partial charge in [0.25, 0.3) is 0 Å². The molecule has 4 heteroatoms. The van der Waals surface area contributed by atoms with E-state index < -0.39 is 0 Å². The molecular weight excluding hydrogens is 234 g/mol. The van der Waals surface area contributed by atoms with Gasteiger partial charge < -0.3 is 15.2 Å². The molecule has 17 heavy (non-hydrogen) atoms. The van der Waals surface area contributed by atoms with Gasteiger partial charge in [0.05, 0.1) is 30.0 Å². The van der Waals surface area contributed by atoms with Crippen LogP contribution in [0.4, 0.5) is 0 Å². The van der Waals surface area contributed by atoms with Gasteiger partial charge in [0.2, 0.25) is 0 Å². The van der Waals surface area contributed by atoms with Crippen molar-refractivity contribution in [1.82, 2.24) is 0 Å². The number of ether oxygens (including phenoxy) is 2. The summed E-state index contributed by atoms with van der Waals surface area (Å²) in [5.74, 6) is 0.929. The minimum atomic E-state index is 0.0367. The number of benzene rings is 1. The molecule has 1 aromatic carbocycles. The molecule has 1 aromatic rings. The zero-order chi connectivity index (χ0) is 12.5. The summed E-state index contributed by atoms with van der Waals surface area (Å²) < 4.78 is 10.8. The van der Waals surface area contributed by atoms with E-state index in [2.05, 4.69) is 26.0 Å². The first-order valence-corrected chi connectivity index (χ1v) is 6.54. The third-order valence-corrected chi connectivity index (χ3v) is 4.58. The summed E-state index contributed by atoms with van der Waals surface area (Å²) in [7, 11) is 1.71. The molecule has 0 aromatic heterocycles. The molecule has 1 heterocycles. The van der Waals surface area contributed by atoms with Gasteiger partial charge in [0.15, 0.2) is 0 Å². The molecule has 3 nitrogen and oxygen atoms in total. The van der Waals surface area contributed by atoms with E-state index in [4.69, 9.17) is 15.2 Å². The van der Waals surface area contributed by atoms with Crippen molar-refractivity contribution in [2.45, 2.75) is 23.5 Å². The Morgan fingerprint density at radius 2 is 2.00 bits per heavy atom. The smallest absolute Gasteiger partial charge is 0.132 e. The molecule has 0 atom stereocenters. The van der Waals surface area contributed by atoms with Crippen LogP contribution in [0.3, 0.4) is 0 Å². The normalized spacial score (nSPS) is 17.6. The highest BCUT2D eigenvalue weighted by Crippen LogP contribution is 2.42. The van der Waals surface area contributed by atoms with Crippen LogP contribution in [0.5, 0.6) is 5.75 Å². The molecule has 2 N–H and O–H groups in total. The topological polar surface area (TPSA) is 44.5 Å². The second-order valence-corrected chi connectivity index (χ2v) is 6.08. The van der Waals surface area contributed by atoms with Crippen LogP contribution in [0.15, 0.2) is 17.0 Å². The first-order chi connectivity index (χ1) is 8.10. The molecule has 0 saturated carbocycles. The second kappa shape index (κ2) is 4.88. The quantitative estimate of drug-likeness (QED) is 0.893. The van der Waals surface area contributed by atoms with Gasteiger partial charge in [0.1, 0.15) is 5.75 Å². The van der Waals surface area contributed by atoms with Crippen LogP contribution in [0, 0.1) is 13.8 Å². The number of hydrogen-bond donors (Lipinski definition) is 1. The lowest BCUT2D eigenvalue weighted by molar-refractivity contribution is -0.00437. The molecule has 1 saturated heterocycles. The van der Waals surface area contributed by atoms with Crippen molar-refractivity contribution in [1.29, 1.82) is 0 Å². The van der Waals surface area contributed by atoms with E-state index in [0.717, 1.165) is 23.9 Å². The largest absolute Gasteiger partial charge is 0.496 e. The van der Waals surface area contributed by atoms with Crippen LogP contribution in [-0.2, 0) is 4.74 Å². The molecule has 0 unspecified atom stereocenters. The number of nitrogens with two attached hydrogens (primary N) is 1. The minimum absolute atomic E-state index is 0.0367. The third kappa shape index (κ3) is 2.44. The molecule has 1 aliphatic rings. The van der Waals surface area contributed by atoms with E-state index in [1.54, 1.807) is 18.9 Å². The average molecular weight is 253 g/mol. The van der Waals surface area contributed by atoms with Crippen molar-refractivity contribution in [3.8, 4) is 5.75 Å². The highest BCUT2D eigenvalue weighted by molar-refractivity contribution is 8.01. The Hall–Kier alpha value is -0.710. The van der Waals surface area contributed by atoms with Crippen LogP contribution in [-0.4, -0.2) is 31.6 Å². The number of hydrogen-bond acceptors (Lipinski definition) is 4. The average Bonchev–Trinajstić information content (AvgIpc) is 2.27. The van der Waals surface area contributed by atoms with Crippen LogP contribution in [0.25, 0.3) is 0 Å². The maximum absolute atomic E-state index is 5.83. The molecule has 1 fully saturated rings. The van der Waals surface area contributed by atoms with E-state index in [0.29, 0.717) is 6.54 Å². The summed E-state index contributed by atoms with van der Waals surface area (Å²) in [6.07, 6.45) is 0. The van der Waals surface area contributed by atoms with E-state index in [9.17, 15) is 0 Å². The van der Waals surface area contributed by atoms with Crippen LogP contribution >= 0.6 is 11.8 Å². The molecule has 2 rings (SSSR count). The van der Waals surface area contributed by atoms with Gasteiger partial charge >= 0.3 is 0 Å². The van der Waals surface area contributed by atoms with Gasteiger partial charge in [-0.15, -0.1) is 11.8 Å². The SMILES string of the molecule is COc1cc(C)c(C)cc1SC1(CN)COC1.